The number of hydrogen-bond donors (Lipinski definition) is 3. The molecule has 0 atom stereocenters. The van der Waals surface area contributed by atoms with Gasteiger partial charge in [0.2, 0.25) is 6.39 Å². The lowest BCUT2D eigenvalue weighted by Gasteiger charge is -2.11. The van der Waals surface area contributed by atoms with Gasteiger partial charge in [0.15, 0.2) is 5.82 Å². The molecule has 7 nitrogen and oxygen atoms in total. The van der Waals surface area contributed by atoms with Gasteiger partial charge in [-0.15, -0.1) is 0 Å². The van der Waals surface area contributed by atoms with Gasteiger partial charge in [-0.3, -0.25) is 0 Å². The highest BCUT2D eigenvalue weighted by Crippen LogP contribution is 2.25. The third-order valence-corrected chi connectivity index (χ3v) is 2.48. The van der Waals surface area contributed by atoms with Crippen molar-refractivity contribution < 1.29 is 18.8 Å². The molecule has 1 aromatic heterocycles. The van der Waals surface area contributed by atoms with Crippen molar-refractivity contribution in [2.45, 2.75) is 6.42 Å². The summed E-state index contributed by atoms with van der Waals surface area (Å²) < 4.78 is 17.8. The first kappa shape index (κ1) is 12.8. The zero-order valence-electron chi connectivity index (χ0n) is 9.76. The van der Waals surface area contributed by atoms with E-state index in [-0.39, 0.29) is 11.3 Å². The zero-order valence-corrected chi connectivity index (χ0v) is 9.76. The van der Waals surface area contributed by atoms with Crippen LogP contribution in [0.3, 0.4) is 0 Å². The van der Waals surface area contributed by atoms with Gasteiger partial charge in [0, 0.05) is 13.0 Å². The van der Waals surface area contributed by atoms with E-state index in [1.807, 2.05) is 0 Å². The van der Waals surface area contributed by atoms with Crippen LogP contribution in [-0.4, -0.2) is 27.8 Å². The SMILES string of the molecule is Nc1c(F)ccc(NCCc2ncon2)c1C(=O)O. The van der Waals surface area contributed by atoms with Crippen LogP contribution in [0.25, 0.3) is 0 Å². The molecule has 0 aliphatic heterocycles. The molecule has 2 aromatic rings. The first-order valence-electron chi connectivity index (χ1n) is 5.40. The third kappa shape index (κ3) is 2.79. The van der Waals surface area contributed by atoms with Crippen LogP contribution in [-0.2, 0) is 6.42 Å². The fourth-order valence-electron chi connectivity index (χ4n) is 1.58. The Morgan fingerprint density at radius 3 is 2.95 bits per heavy atom. The number of benzene rings is 1. The Morgan fingerprint density at radius 2 is 2.32 bits per heavy atom. The largest absolute Gasteiger partial charge is 0.478 e. The number of nitrogens with two attached hydrogens (primary N) is 1. The number of rotatable bonds is 5. The number of halogens is 1. The molecule has 8 heteroatoms. The van der Waals surface area contributed by atoms with Gasteiger partial charge in [-0.1, -0.05) is 5.16 Å². The summed E-state index contributed by atoms with van der Waals surface area (Å²) in [6.45, 7) is 0.366. The normalized spacial score (nSPS) is 10.4. The molecule has 100 valence electrons. The lowest BCUT2D eigenvalue weighted by molar-refractivity contribution is 0.0698. The highest BCUT2D eigenvalue weighted by atomic mass is 19.1. The molecule has 0 saturated carbocycles. The third-order valence-electron chi connectivity index (χ3n) is 2.48. The maximum absolute atomic E-state index is 13.2. The molecule has 0 bridgehead atoms. The van der Waals surface area contributed by atoms with Crippen LogP contribution in [0.5, 0.6) is 0 Å². The second-order valence-electron chi connectivity index (χ2n) is 3.71. The minimum absolute atomic E-state index is 0.245. The van der Waals surface area contributed by atoms with Crippen molar-refractivity contribution in [3.8, 4) is 0 Å². The summed E-state index contributed by atoms with van der Waals surface area (Å²) >= 11 is 0. The van der Waals surface area contributed by atoms with E-state index in [9.17, 15) is 9.18 Å². The van der Waals surface area contributed by atoms with Gasteiger partial charge in [0.05, 0.1) is 11.4 Å². The minimum Gasteiger partial charge on any atom is -0.478 e. The summed E-state index contributed by atoms with van der Waals surface area (Å²) in [5, 5.41) is 15.5. The van der Waals surface area contributed by atoms with Gasteiger partial charge >= 0.3 is 5.97 Å². The van der Waals surface area contributed by atoms with Crippen LogP contribution in [0.4, 0.5) is 15.8 Å². The van der Waals surface area contributed by atoms with Gasteiger partial charge in [-0.25, -0.2) is 9.18 Å². The molecule has 0 unspecified atom stereocenters. The van der Waals surface area contributed by atoms with E-state index in [0.717, 1.165) is 6.07 Å². The van der Waals surface area contributed by atoms with Crippen molar-refractivity contribution in [2.24, 2.45) is 0 Å². The molecule has 19 heavy (non-hydrogen) atoms. The Kier molecular flexibility index (Phi) is 3.60. The van der Waals surface area contributed by atoms with Crippen LogP contribution >= 0.6 is 0 Å². The number of anilines is 2. The quantitative estimate of drug-likeness (QED) is 0.695. The minimum atomic E-state index is -1.29. The second-order valence-corrected chi connectivity index (χ2v) is 3.71. The molecule has 0 aliphatic carbocycles. The van der Waals surface area contributed by atoms with Gasteiger partial charge in [-0.2, -0.15) is 4.98 Å². The Morgan fingerprint density at radius 1 is 1.53 bits per heavy atom. The monoisotopic (exact) mass is 266 g/mol. The summed E-state index contributed by atoms with van der Waals surface area (Å²) in [6, 6.07) is 2.43. The van der Waals surface area contributed by atoms with Crippen LogP contribution in [0.2, 0.25) is 0 Å². The van der Waals surface area contributed by atoms with Crippen molar-refractivity contribution >= 4 is 17.3 Å². The van der Waals surface area contributed by atoms with Crippen LogP contribution in [0, 0.1) is 5.82 Å². The average Bonchev–Trinajstić information content (AvgIpc) is 2.86. The number of carboxylic acids is 1. The van der Waals surface area contributed by atoms with Crippen molar-refractivity contribution in [2.75, 3.05) is 17.6 Å². The smallest absolute Gasteiger partial charge is 0.340 e. The topological polar surface area (TPSA) is 114 Å². The molecule has 0 spiro atoms. The molecular weight excluding hydrogens is 255 g/mol. The second kappa shape index (κ2) is 5.34. The predicted molar refractivity (Wildman–Crippen MR) is 64.3 cm³/mol. The van der Waals surface area contributed by atoms with Crippen molar-refractivity contribution in [1.82, 2.24) is 10.1 Å². The van der Waals surface area contributed by atoms with E-state index >= 15 is 0 Å². The Labute approximate surface area is 107 Å². The van der Waals surface area contributed by atoms with Gasteiger partial charge in [0.1, 0.15) is 11.4 Å². The lowest BCUT2D eigenvalue weighted by atomic mass is 10.1. The van der Waals surface area contributed by atoms with E-state index in [2.05, 4.69) is 20.0 Å². The average molecular weight is 266 g/mol. The number of aromatic carboxylic acids is 1. The number of carbonyl (C=O) groups is 1. The first-order chi connectivity index (χ1) is 9.09. The van der Waals surface area contributed by atoms with Crippen LogP contribution < -0.4 is 11.1 Å². The van der Waals surface area contributed by atoms with Gasteiger partial charge < -0.3 is 20.7 Å². The first-order valence-corrected chi connectivity index (χ1v) is 5.40. The van der Waals surface area contributed by atoms with Crippen molar-refractivity contribution in [1.29, 1.82) is 0 Å². The van der Waals surface area contributed by atoms with Crippen molar-refractivity contribution in [3.63, 3.8) is 0 Å². The molecule has 1 heterocycles. The van der Waals surface area contributed by atoms with E-state index in [0.29, 0.717) is 18.8 Å². The van der Waals surface area contributed by atoms with Gasteiger partial charge in [0.25, 0.3) is 0 Å². The van der Waals surface area contributed by atoms with Crippen LogP contribution in [0.1, 0.15) is 16.2 Å². The number of aromatic nitrogens is 2. The van der Waals surface area contributed by atoms with Crippen LogP contribution in [0.15, 0.2) is 23.0 Å². The standard InChI is InChI=1S/C11H11FN4O3/c12-6-1-2-7(9(10(6)13)11(17)18)14-4-3-8-15-5-19-16-8/h1-2,5,14H,3-4,13H2,(H,17,18). The molecular formula is C11H11FN4O3. The van der Waals surface area contributed by atoms with Gasteiger partial charge in [-0.05, 0) is 12.1 Å². The summed E-state index contributed by atoms with van der Waals surface area (Å²) in [5.74, 6) is -1.57. The lowest BCUT2D eigenvalue weighted by Crippen LogP contribution is -2.13. The summed E-state index contributed by atoms with van der Waals surface area (Å²) in [6.07, 6.45) is 1.64. The molecule has 1 aromatic carbocycles. The summed E-state index contributed by atoms with van der Waals surface area (Å²) in [7, 11) is 0. The number of carboxylic acid groups (broad SMARTS) is 1. The zero-order chi connectivity index (χ0) is 13.8. The number of hydrogen-bond acceptors (Lipinski definition) is 6. The fraction of sp³-hybridized carbons (Fsp3) is 0.182. The van der Waals surface area contributed by atoms with E-state index in [1.54, 1.807) is 0 Å². The molecule has 0 amide bonds. The molecule has 0 radical (unpaired) electrons. The molecule has 4 N–H and O–H groups in total. The summed E-state index contributed by atoms with van der Waals surface area (Å²) in [4.78, 5) is 14.9. The molecule has 0 aliphatic rings. The Balaban J connectivity index is 2.11. The molecule has 0 saturated heterocycles. The molecule has 2 rings (SSSR count). The maximum atomic E-state index is 13.2. The number of nitrogen functional groups attached to an aromatic ring is 1. The highest BCUT2D eigenvalue weighted by molar-refractivity contribution is 6.00. The van der Waals surface area contributed by atoms with E-state index < -0.39 is 17.5 Å². The Hall–Kier alpha value is -2.64. The molecule has 0 fully saturated rings. The predicted octanol–water partition coefficient (Wildman–Crippen LogP) is 1.14. The number of nitrogens with zero attached hydrogens (tertiary/aromatic N) is 2. The van der Waals surface area contributed by atoms with Crippen molar-refractivity contribution in [3.05, 3.63) is 35.7 Å². The van der Waals surface area contributed by atoms with E-state index in [1.165, 1.54) is 12.5 Å². The number of nitrogens with one attached hydrogen (secondary N) is 1. The highest BCUT2D eigenvalue weighted by Gasteiger charge is 2.17. The van der Waals surface area contributed by atoms with E-state index in [4.69, 9.17) is 10.8 Å². The maximum Gasteiger partial charge on any atom is 0.340 e. The fourth-order valence-corrected chi connectivity index (χ4v) is 1.58. The Bertz CT molecular complexity index is 586. The summed E-state index contributed by atoms with van der Waals surface area (Å²) in [5.41, 5.74) is 4.98.